The van der Waals surface area contributed by atoms with Crippen molar-refractivity contribution < 1.29 is 14.3 Å². The van der Waals surface area contributed by atoms with Crippen LogP contribution in [0.3, 0.4) is 0 Å². The van der Waals surface area contributed by atoms with Crippen molar-refractivity contribution >= 4 is 35.0 Å². The van der Waals surface area contributed by atoms with Crippen LogP contribution in [0.25, 0.3) is 0 Å². The van der Waals surface area contributed by atoms with Crippen LogP contribution < -0.4 is 10.2 Å². The third-order valence-corrected chi connectivity index (χ3v) is 6.64. The summed E-state index contributed by atoms with van der Waals surface area (Å²) in [6.07, 6.45) is 0. The number of thioether (sulfide) groups is 1. The summed E-state index contributed by atoms with van der Waals surface area (Å²) in [5, 5.41) is 4.63. The van der Waals surface area contributed by atoms with E-state index < -0.39 is 0 Å². The van der Waals surface area contributed by atoms with Crippen LogP contribution in [0.1, 0.15) is 28.4 Å². The van der Waals surface area contributed by atoms with Gasteiger partial charge in [-0.3, -0.25) is 9.59 Å². The molecule has 7 heteroatoms. The zero-order chi connectivity index (χ0) is 22.7. The Balaban J connectivity index is 1.45. The van der Waals surface area contributed by atoms with Crippen LogP contribution in [0, 0.1) is 13.8 Å². The van der Waals surface area contributed by atoms with Crippen molar-refractivity contribution in [1.29, 1.82) is 0 Å². The number of benzene rings is 2. The van der Waals surface area contributed by atoms with Gasteiger partial charge in [0, 0.05) is 53.8 Å². The second-order valence-electron chi connectivity index (χ2n) is 8.32. The molecule has 2 heterocycles. The van der Waals surface area contributed by atoms with Gasteiger partial charge in [0.25, 0.3) is 11.8 Å². The van der Waals surface area contributed by atoms with Crippen molar-refractivity contribution in [3.63, 3.8) is 0 Å². The zero-order valence-corrected chi connectivity index (χ0v) is 19.6. The lowest BCUT2D eigenvalue weighted by molar-refractivity contribution is -0.116. The summed E-state index contributed by atoms with van der Waals surface area (Å²) in [6, 6.07) is 14.2. The predicted molar refractivity (Wildman–Crippen MR) is 130 cm³/mol. The molecule has 6 nitrogen and oxygen atoms in total. The van der Waals surface area contributed by atoms with E-state index in [-0.39, 0.29) is 17.9 Å². The molecule has 0 aromatic heterocycles. The van der Waals surface area contributed by atoms with Crippen LogP contribution in [0.15, 0.2) is 53.6 Å². The molecule has 0 saturated carbocycles. The third kappa shape index (κ3) is 4.93. The molecule has 2 aromatic rings. The Labute approximate surface area is 193 Å². The van der Waals surface area contributed by atoms with Crippen molar-refractivity contribution in [3.05, 3.63) is 70.3 Å². The number of carbonyl (C=O) groups excluding carboxylic acids is 2. The first-order chi connectivity index (χ1) is 15.4. The van der Waals surface area contributed by atoms with Gasteiger partial charge in [0.15, 0.2) is 5.76 Å². The predicted octanol–water partition coefficient (Wildman–Crippen LogP) is 4.20. The quantitative estimate of drug-likeness (QED) is 0.755. The summed E-state index contributed by atoms with van der Waals surface area (Å²) in [6.45, 7) is 8.78. The first-order valence-corrected chi connectivity index (χ1v) is 12.0. The lowest BCUT2D eigenvalue weighted by Gasteiger charge is -2.41. The molecule has 0 bridgehead atoms. The molecule has 2 aromatic carbocycles. The van der Waals surface area contributed by atoms with Crippen LogP contribution in [-0.4, -0.2) is 54.8 Å². The molecule has 2 aliphatic rings. The molecule has 1 saturated heterocycles. The maximum Gasteiger partial charge on any atom is 0.291 e. The Morgan fingerprint density at radius 3 is 2.69 bits per heavy atom. The highest BCUT2D eigenvalue weighted by molar-refractivity contribution is 8.02. The minimum Gasteiger partial charge on any atom is -0.487 e. The normalized spacial score (nSPS) is 18.6. The number of anilines is 2. The molecule has 32 heavy (non-hydrogen) atoms. The smallest absolute Gasteiger partial charge is 0.291 e. The van der Waals surface area contributed by atoms with E-state index in [0.29, 0.717) is 36.7 Å². The van der Waals surface area contributed by atoms with Crippen LogP contribution in [0.4, 0.5) is 11.4 Å². The number of carbonyl (C=O) groups is 2. The molecular formula is C25H29N3O3S. The minimum absolute atomic E-state index is 0.0140. The van der Waals surface area contributed by atoms with Gasteiger partial charge in [0.05, 0.1) is 6.61 Å². The van der Waals surface area contributed by atoms with Crippen LogP contribution in [0.5, 0.6) is 0 Å². The maximum absolute atomic E-state index is 13.2. The van der Waals surface area contributed by atoms with Crippen molar-refractivity contribution in [2.24, 2.45) is 0 Å². The van der Waals surface area contributed by atoms with Crippen molar-refractivity contribution in [2.75, 3.05) is 42.2 Å². The number of nitrogens with zero attached hydrogens (tertiary/aromatic N) is 2. The highest BCUT2D eigenvalue weighted by atomic mass is 32.2. The number of ether oxygens (including phenoxy) is 1. The molecule has 1 N–H and O–H groups in total. The van der Waals surface area contributed by atoms with Crippen LogP contribution in [-0.2, 0) is 9.53 Å². The van der Waals surface area contributed by atoms with Gasteiger partial charge < -0.3 is 19.9 Å². The fraction of sp³-hybridized carbons (Fsp3) is 0.360. The van der Waals surface area contributed by atoms with Gasteiger partial charge in [-0.05, 0) is 56.2 Å². The summed E-state index contributed by atoms with van der Waals surface area (Å²) in [5.41, 5.74) is 4.54. The Morgan fingerprint density at radius 2 is 1.97 bits per heavy atom. The molecule has 0 unspecified atom stereocenters. The third-order valence-electron chi connectivity index (χ3n) is 5.85. The fourth-order valence-corrected chi connectivity index (χ4v) is 4.70. The van der Waals surface area contributed by atoms with Gasteiger partial charge in [0.2, 0.25) is 0 Å². The van der Waals surface area contributed by atoms with E-state index in [1.165, 1.54) is 11.3 Å². The molecule has 0 spiro atoms. The number of piperazine rings is 1. The van der Waals surface area contributed by atoms with Crippen LogP contribution >= 0.6 is 11.8 Å². The summed E-state index contributed by atoms with van der Waals surface area (Å²) in [4.78, 5) is 30.0. The first-order valence-electron chi connectivity index (χ1n) is 10.9. The van der Waals surface area contributed by atoms with Gasteiger partial charge in [0.1, 0.15) is 0 Å². The molecule has 168 valence electrons. The van der Waals surface area contributed by atoms with E-state index in [1.54, 1.807) is 23.2 Å². The van der Waals surface area contributed by atoms with Crippen LogP contribution in [0.2, 0.25) is 0 Å². The largest absolute Gasteiger partial charge is 0.487 e. The Morgan fingerprint density at radius 1 is 1.12 bits per heavy atom. The van der Waals surface area contributed by atoms with Crippen molar-refractivity contribution in [1.82, 2.24) is 4.90 Å². The molecule has 0 radical (unpaired) electrons. The van der Waals surface area contributed by atoms with E-state index >= 15 is 0 Å². The second-order valence-corrected chi connectivity index (χ2v) is 9.30. The summed E-state index contributed by atoms with van der Waals surface area (Å²) in [7, 11) is 0. The lowest BCUT2D eigenvalue weighted by atomic mass is 10.1. The molecule has 2 aliphatic heterocycles. The van der Waals surface area contributed by atoms with Crippen molar-refractivity contribution in [3.8, 4) is 0 Å². The molecule has 0 aliphatic carbocycles. The Hall–Kier alpha value is -2.93. The monoisotopic (exact) mass is 451 g/mol. The number of amides is 2. The molecule has 2 amide bonds. The number of nitrogens with one attached hydrogen (secondary N) is 1. The number of hydrogen-bond acceptors (Lipinski definition) is 5. The SMILES string of the molecule is Cc1cccc(N2CCN(C(=O)c3ccc(C)c(NC(=O)C4=CSCCO4)c3)C[C@@H]2C)c1. The first kappa shape index (κ1) is 22.3. The summed E-state index contributed by atoms with van der Waals surface area (Å²) < 4.78 is 5.44. The number of aryl methyl sites for hydroxylation is 2. The topological polar surface area (TPSA) is 61.9 Å². The Bertz CT molecular complexity index is 1050. The summed E-state index contributed by atoms with van der Waals surface area (Å²) >= 11 is 1.56. The summed E-state index contributed by atoms with van der Waals surface area (Å²) in [5.74, 6) is 0.860. The van der Waals surface area contributed by atoms with Gasteiger partial charge >= 0.3 is 0 Å². The number of rotatable bonds is 4. The minimum atomic E-state index is -0.287. The highest BCUT2D eigenvalue weighted by Crippen LogP contribution is 2.24. The van der Waals surface area contributed by atoms with E-state index in [0.717, 1.165) is 17.9 Å². The molecule has 1 fully saturated rings. The standard InChI is InChI=1S/C25H29N3O3S/c1-17-5-4-6-21(13-17)28-10-9-27(15-19(28)3)25(30)20-8-7-18(2)22(14-20)26-24(29)23-16-32-12-11-31-23/h4-8,13-14,16,19H,9-12,15H2,1-3H3,(H,26,29)/t19-/m0/s1. The maximum atomic E-state index is 13.2. The zero-order valence-electron chi connectivity index (χ0n) is 18.8. The second kappa shape index (κ2) is 9.69. The lowest BCUT2D eigenvalue weighted by Crippen LogP contribution is -2.53. The van der Waals surface area contributed by atoms with Gasteiger partial charge in [-0.25, -0.2) is 0 Å². The average Bonchev–Trinajstić information content (AvgIpc) is 2.80. The van der Waals surface area contributed by atoms with Gasteiger partial charge in [-0.2, -0.15) is 0 Å². The van der Waals surface area contributed by atoms with E-state index in [9.17, 15) is 9.59 Å². The average molecular weight is 452 g/mol. The van der Waals surface area contributed by atoms with E-state index in [4.69, 9.17) is 4.74 Å². The van der Waals surface area contributed by atoms with Crippen molar-refractivity contribution in [2.45, 2.75) is 26.8 Å². The molecular weight excluding hydrogens is 422 g/mol. The molecule has 1 atom stereocenters. The highest BCUT2D eigenvalue weighted by Gasteiger charge is 2.28. The van der Waals surface area contributed by atoms with E-state index in [1.807, 2.05) is 24.0 Å². The Kier molecular flexibility index (Phi) is 6.74. The fourth-order valence-electron chi connectivity index (χ4n) is 4.08. The van der Waals surface area contributed by atoms with Gasteiger partial charge in [-0.1, -0.05) is 18.2 Å². The van der Waals surface area contributed by atoms with Gasteiger partial charge in [-0.15, -0.1) is 11.8 Å². The molecule has 4 rings (SSSR count). The van der Waals surface area contributed by atoms with E-state index in [2.05, 4.69) is 48.3 Å². The number of hydrogen-bond donors (Lipinski definition) is 1.